The highest BCUT2D eigenvalue weighted by Crippen LogP contribution is 2.36. The summed E-state index contributed by atoms with van der Waals surface area (Å²) in [6.45, 7) is 7.23. The summed E-state index contributed by atoms with van der Waals surface area (Å²) < 4.78 is 26.3. The lowest BCUT2D eigenvalue weighted by molar-refractivity contribution is -0.140. The first-order valence-corrected chi connectivity index (χ1v) is 11.4. The minimum Gasteiger partial charge on any atom is -0.486 e. The predicted molar refractivity (Wildman–Crippen MR) is 122 cm³/mol. The molecule has 0 spiro atoms. The molecule has 0 aliphatic rings. The summed E-state index contributed by atoms with van der Waals surface area (Å²) in [7, 11) is 1.33. The second-order valence-electron chi connectivity index (χ2n) is 7.76. The molecular weight excluding hydrogens is 429 g/mol. The van der Waals surface area contributed by atoms with Crippen LogP contribution in [0.4, 0.5) is 4.39 Å². The van der Waals surface area contributed by atoms with E-state index in [9.17, 15) is 9.18 Å². The number of aryl methyl sites for hydroxylation is 1. The number of benzene rings is 2. The van der Waals surface area contributed by atoms with E-state index in [0.717, 1.165) is 12.2 Å². The minimum absolute atomic E-state index is 0.255. The second-order valence-corrected chi connectivity index (χ2v) is 8.83. The van der Waals surface area contributed by atoms with E-state index in [1.165, 1.54) is 36.6 Å². The number of thioether (sulfide) groups is 1. The number of esters is 1. The summed E-state index contributed by atoms with van der Waals surface area (Å²) in [5.41, 5.74) is 1.88. The number of nitrogens with zero attached hydrogens (tertiary/aromatic N) is 3. The van der Waals surface area contributed by atoms with E-state index < -0.39 is 11.2 Å². The molecule has 6 nitrogen and oxygen atoms in total. The quantitative estimate of drug-likeness (QED) is 0.307. The Morgan fingerprint density at radius 3 is 2.38 bits per heavy atom. The molecule has 8 heteroatoms. The van der Waals surface area contributed by atoms with Gasteiger partial charge in [-0.15, -0.1) is 10.2 Å². The molecule has 2 aromatic carbocycles. The van der Waals surface area contributed by atoms with Crippen molar-refractivity contribution in [2.45, 2.75) is 50.8 Å². The fraction of sp³-hybridized carbons (Fsp3) is 0.375. The van der Waals surface area contributed by atoms with Gasteiger partial charge in [-0.2, -0.15) is 0 Å². The lowest BCUT2D eigenvalue weighted by Gasteiger charge is -2.17. The Kier molecular flexibility index (Phi) is 8.27. The van der Waals surface area contributed by atoms with Gasteiger partial charge in [-0.1, -0.05) is 56.8 Å². The van der Waals surface area contributed by atoms with Gasteiger partial charge >= 0.3 is 5.97 Å². The lowest BCUT2D eigenvalue weighted by atomic mass is 10.1. The Hall–Kier alpha value is -2.87. The molecular formula is C24H28FN3O3S. The van der Waals surface area contributed by atoms with Crippen molar-refractivity contribution in [3.63, 3.8) is 0 Å². The minimum atomic E-state index is -0.689. The summed E-state index contributed by atoms with van der Waals surface area (Å²) in [5.74, 6) is 0.958. The van der Waals surface area contributed by atoms with E-state index in [-0.39, 0.29) is 12.4 Å². The van der Waals surface area contributed by atoms with Crippen LogP contribution in [-0.2, 0) is 29.1 Å². The van der Waals surface area contributed by atoms with Crippen LogP contribution in [0.15, 0.2) is 53.7 Å². The van der Waals surface area contributed by atoms with Gasteiger partial charge in [0.25, 0.3) is 0 Å². The van der Waals surface area contributed by atoms with Crippen molar-refractivity contribution < 1.29 is 18.7 Å². The van der Waals surface area contributed by atoms with Gasteiger partial charge in [-0.05, 0) is 47.7 Å². The van der Waals surface area contributed by atoms with E-state index >= 15 is 0 Å². The molecule has 1 aromatic heterocycles. The van der Waals surface area contributed by atoms with Crippen molar-refractivity contribution in [1.82, 2.24) is 14.8 Å². The molecule has 0 amide bonds. The second kappa shape index (κ2) is 11.1. The van der Waals surface area contributed by atoms with Crippen LogP contribution in [0, 0.1) is 11.7 Å². The summed E-state index contributed by atoms with van der Waals surface area (Å²) in [5, 5.41) is 8.53. The largest absolute Gasteiger partial charge is 0.486 e. The molecule has 0 unspecified atom stereocenters. The zero-order valence-corrected chi connectivity index (χ0v) is 19.6. The van der Waals surface area contributed by atoms with Crippen LogP contribution in [0.1, 0.15) is 43.0 Å². The van der Waals surface area contributed by atoms with Crippen LogP contribution in [-0.4, -0.2) is 27.8 Å². The van der Waals surface area contributed by atoms with Gasteiger partial charge in [0.1, 0.15) is 23.4 Å². The maximum Gasteiger partial charge on any atom is 0.323 e. The third-order valence-electron chi connectivity index (χ3n) is 4.85. The Labute approximate surface area is 192 Å². The van der Waals surface area contributed by atoms with Crippen LogP contribution < -0.4 is 4.74 Å². The third-order valence-corrected chi connectivity index (χ3v) is 6.07. The number of carbonyl (C=O) groups excluding carboxylic acids is 1. The summed E-state index contributed by atoms with van der Waals surface area (Å²) >= 11 is 1.23. The van der Waals surface area contributed by atoms with Gasteiger partial charge in [0, 0.05) is 6.54 Å². The van der Waals surface area contributed by atoms with Crippen LogP contribution >= 0.6 is 11.8 Å². The summed E-state index contributed by atoms with van der Waals surface area (Å²) in [6.07, 6.45) is 0.971. The molecule has 170 valence electrons. The third kappa shape index (κ3) is 6.09. The fourth-order valence-corrected chi connectivity index (χ4v) is 4.22. The number of hydrogen-bond acceptors (Lipinski definition) is 6. The van der Waals surface area contributed by atoms with Gasteiger partial charge in [0.2, 0.25) is 0 Å². The smallest absolute Gasteiger partial charge is 0.323 e. The average Bonchev–Trinajstić information content (AvgIpc) is 3.17. The maximum atomic E-state index is 13.4. The zero-order chi connectivity index (χ0) is 23.1. The van der Waals surface area contributed by atoms with Gasteiger partial charge in [-0.25, -0.2) is 4.39 Å². The number of halogens is 1. The van der Waals surface area contributed by atoms with Gasteiger partial charge in [0.05, 0.1) is 7.11 Å². The van der Waals surface area contributed by atoms with E-state index in [0.29, 0.717) is 29.0 Å². The molecule has 32 heavy (non-hydrogen) atoms. The van der Waals surface area contributed by atoms with Crippen molar-refractivity contribution in [2.75, 3.05) is 7.11 Å². The summed E-state index contributed by atoms with van der Waals surface area (Å²) in [6, 6.07) is 13.8. The van der Waals surface area contributed by atoms with Gasteiger partial charge in [0.15, 0.2) is 11.0 Å². The number of ether oxygens (including phenoxy) is 2. The lowest BCUT2D eigenvalue weighted by Crippen LogP contribution is -2.15. The van der Waals surface area contributed by atoms with Crippen LogP contribution in [0.3, 0.4) is 0 Å². The first-order chi connectivity index (χ1) is 15.4. The van der Waals surface area contributed by atoms with Crippen molar-refractivity contribution in [1.29, 1.82) is 0 Å². The molecule has 1 heterocycles. The molecule has 0 N–H and O–H groups in total. The van der Waals surface area contributed by atoms with E-state index in [4.69, 9.17) is 9.47 Å². The van der Waals surface area contributed by atoms with E-state index in [2.05, 4.69) is 31.0 Å². The molecule has 3 aromatic rings. The van der Waals surface area contributed by atoms with Gasteiger partial charge in [-0.3, -0.25) is 4.79 Å². The Morgan fingerprint density at radius 2 is 1.78 bits per heavy atom. The highest BCUT2D eigenvalue weighted by Gasteiger charge is 2.27. The van der Waals surface area contributed by atoms with Crippen LogP contribution in [0.5, 0.6) is 5.75 Å². The molecule has 0 bridgehead atoms. The number of rotatable bonds is 10. The predicted octanol–water partition coefficient (Wildman–Crippen LogP) is 5.22. The fourth-order valence-electron chi connectivity index (χ4n) is 3.13. The average molecular weight is 458 g/mol. The normalized spacial score (nSPS) is 12.1. The van der Waals surface area contributed by atoms with E-state index in [1.54, 1.807) is 12.1 Å². The van der Waals surface area contributed by atoms with Crippen LogP contribution in [0.25, 0.3) is 0 Å². The Bertz CT molecular complexity index is 1020. The molecule has 0 radical (unpaired) electrons. The molecule has 1 atom stereocenters. The Morgan fingerprint density at radius 1 is 1.09 bits per heavy atom. The number of methoxy groups -OCH3 is 1. The summed E-state index contributed by atoms with van der Waals surface area (Å²) in [4.78, 5) is 12.5. The standard InChI is InChI=1S/C24H28FN3O3S/c1-5-17-6-12-20(13-7-17)31-15-21-26-27-24(28(21)14-16(2)3)32-22(23(29)30-4)18-8-10-19(25)11-9-18/h6-13,16,22H,5,14-15H2,1-4H3/t22-/m0/s1. The molecule has 0 saturated heterocycles. The van der Waals surface area contributed by atoms with Gasteiger partial charge < -0.3 is 14.0 Å². The van der Waals surface area contributed by atoms with E-state index in [1.807, 2.05) is 28.8 Å². The number of aromatic nitrogens is 3. The van der Waals surface area contributed by atoms with Crippen molar-refractivity contribution in [3.8, 4) is 5.75 Å². The monoisotopic (exact) mass is 457 g/mol. The number of carbonyl (C=O) groups is 1. The first kappa shape index (κ1) is 23.8. The molecule has 3 rings (SSSR count). The van der Waals surface area contributed by atoms with Crippen LogP contribution in [0.2, 0.25) is 0 Å². The van der Waals surface area contributed by atoms with Crippen molar-refractivity contribution >= 4 is 17.7 Å². The molecule has 0 aliphatic carbocycles. The highest BCUT2D eigenvalue weighted by atomic mass is 32.2. The molecule has 0 saturated carbocycles. The zero-order valence-electron chi connectivity index (χ0n) is 18.7. The number of hydrogen-bond donors (Lipinski definition) is 0. The Balaban J connectivity index is 1.83. The van der Waals surface area contributed by atoms with Crippen molar-refractivity contribution in [2.24, 2.45) is 5.92 Å². The topological polar surface area (TPSA) is 66.2 Å². The molecule has 0 fully saturated rings. The SMILES string of the molecule is CCc1ccc(OCc2nnc(S[C@H](C(=O)OC)c3ccc(F)cc3)n2CC(C)C)cc1. The first-order valence-electron chi connectivity index (χ1n) is 10.5. The highest BCUT2D eigenvalue weighted by molar-refractivity contribution is 8.00. The molecule has 0 aliphatic heterocycles. The van der Waals surface area contributed by atoms with Crippen molar-refractivity contribution in [3.05, 3.63) is 71.3 Å². The maximum absolute atomic E-state index is 13.4.